The number of carbonyl (C=O) groups is 2. The van der Waals surface area contributed by atoms with Gasteiger partial charge in [0, 0.05) is 28.6 Å². The third-order valence-electron chi connectivity index (χ3n) is 8.89. The molecule has 1 aromatic heterocycles. The lowest BCUT2D eigenvalue weighted by Gasteiger charge is -2.21. The van der Waals surface area contributed by atoms with Crippen molar-refractivity contribution >= 4 is 22.7 Å². The number of rotatable bonds is 16. The third-order valence-corrected chi connectivity index (χ3v) is 8.89. The van der Waals surface area contributed by atoms with Gasteiger partial charge in [0.1, 0.15) is 5.75 Å². The van der Waals surface area contributed by atoms with Crippen molar-refractivity contribution < 1.29 is 19.1 Å². The molecule has 4 aromatic rings. The number of ketones is 1. The number of unbranched alkanes of at least 4 members (excludes halogenated alkanes) is 2. The number of esters is 1. The standard InChI is InChI=1S/C39H47NO4/c1-2-43-37(41)18-11-17-36-38(34-15-8-9-16-35(34)40-36)39(42)32-23-25-33(26-24-32)44-27-10-4-7-12-29-19-21-31(22-20-29)28-30-13-5-3-6-14-30/h8-9,15-16,19-26,30,40H,2-7,10-14,17-18,27-28H2,1H3. The van der Waals surface area contributed by atoms with Gasteiger partial charge < -0.3 is 14.5 Å². The van der Waals surface area contributed by atoms with Crippen molar-refractivity contribution in [1.82, 2.24) is 4.98 Å². The largest absolute Gasteiger partial charge is 0.494 e. The number of benzene rings is 3. The molecule has 0 bridgehead atoms. The minimum absolute atomic E-state index is 0.0258. The predicted molar refractivity (Wildman–Crippen MR) is 178 cm³/mol. The third kappa shape index (κ3) is 8.84. The van der Waals surface area contributed by atoms with E-state index in [1.165, 1.54) is 49.7 Å². The fraction of sp³-hybridized carbons (Fsp3) is 0.436. The van der Waals surface area contributed by atoms with E-state index in [1.54, 1.807) is 0 Å². The number of aromatic nitrogens is 1. The molecule has 0 atom stereocenters. The molecule has 1 fully saturated rings. The van der Waals surface area contributed by atoms with Gasteiger partial charge in [0.25, 0.3) is 0 Å². The Balaban J connectivity index is 1.06. The van der Waals surface area contributed by atoms with E-state index in [0.717, 1.165) is 53.9 Å². The van der Waals surface area contributed by atoms with Gasteiger partial charge in [-0.3, -0.25) is 9.59 Å². The Morgan fingerprint density at radius 3 is 2.32 bits per heavy atom. The summed E-state index contributed by atoms with van der Waals surface area (Å²) in [5.74, 6) is 1.44. The molecular formula is C39H47NO4. The van der Waals surface area contributed by atoms with Gasteiger partial charge in [0.15, 0.2) is 5.78 Å². The second-order valence-corrected chi connectivity index (χ2v) is 12.2. The van der Waals surface area contributed by atoms with Crippen LogP contribution < -0.4 is 4.74 Å². The maximum atomic E-state index is 13.7. The fourth-order valence-corrected chi connectivity index (χ4v) is 6.50. The van der Waals surface area contributed by atoms with Gasteiger partial charge in [-0.15, -0.1) is 0 Å². The Kier molecular flexibility index (Phi) is 11.7. The van der Waals surface area contributed by atoms with Gasteiger partial charge in [-0.2, -0.15) is 0 Å². The summed E-state index contributed by atoms with van der Waals surface area (Å²) < 4.78 is 11.1. The average molecular weight is 594 g/mol. The Hall–Kier alpha value is -3.86. The van der Waals surface area contributed by atoms with Crippen molar-refractivity contribution in [3.63, 3.8) is 0 Å². The number of H-pyrrole nitrogens is 1. The van der Waals surface area contributed by atoms with Crippen LogP contribution in [0.4, 0.5) is 0 Å². The number of aromatic amines is 1. The minimum Gasteiger partial charge on any atom is -0.494 e. The van der Waals surface area contributed by atoms with Gasteiger partial charge in [0.2, 0.25) is 0 Å². The first-order valence-corrected chi connectivity index (χ1v) is 16.7. The zero-order chi connectivity index (χ0) is 30.6. The number of ether oxygens (including phenoxy) is 2. The van der Waals surface area contributed by atoms with Crippen molar-refractivity contribution in [3.8, 4) is 5.75 Å². The van der Waals surface area contributed by atoms with Gasteiger partial charge in [0.05, 0.1) is 18.8 Å². The Morgan fingerprint density at radius 1 is 0.795 bits per heavy atom. The van der Waals surface area contributed by atoms with E-state index in [4.69, 9.17) is 9.47 Å². The second-order valence-electron chi connectivity index (χ2n) is 12.2. The first-order chi connectivity index (χ1) is 21.6. The lowest BCUT2D eigenvalue weighted by Crippen LogP contribution is -2.09. The van der Waals surface area contributed by atoms with Gasteiger partial charge in [-0.05, 0) is 99.2 Å². The number of hydrogen-bond acceptors (Lipinski definition) is 4. The van der Waals surface area contributed by atoms with Gasteiger partial charge >= 0.3 is 5.97 Å². The Morgan fingerprint density at radius 2 is 1.55 bits per heavy atom. The molecule has 5 nitrogen and oxygen atoms in total. The van der Waals surface area contributed by atoms with E-state index in [9.17, 15) is 9.59 Å². The molecule has 3 aromatic carbocycles. The van der Waals surface area contributed by atoms with E-state index < -0.39 is 0 Å². The van der Waals surface area contributed by atoms with Crippen LogP contribution in [0, 0.1) is 5.92 Å². The number of aryl methyl sites for hydroxylation is 2. The highest BCUT2D eigenvalue weighted by molar-refractivity contribution is 6.17. The Bertz CT molecular complexity index is 1480. The maximum Gasteiger partial charge on any atom is 0.305 e. The van der Waals surface area contributed by atoms with Crippen molar-refractivity contribution in [1.29, 1.82) is 0 Å². The molecular weight excluding hydrogens is 546 g/mol. The summed E-state index contributed by atoms with van der Waals surface area (Å²) in [6.07, 6.45) is 14.2. The zero-order valence-electron chi connectivity index (χ0n) is 26.2. The highest BCUT2D eigenvalue weighted by atomic mass is 16.5. The van der Waals surface area contributed by atoms with Crippen LogP contribution in [0.25, 0.3) is 10.9 Å². The number of fused-ring (bicyclic) bond motifs is 1. The molecule has 1 aliphatic carbocycles. The molecule has 232 valence electrons. The lowest BCUT2D eigenvalue weighted by atomic mass is 9.85. The number of carbonyl (C=O) groups excluding carboxylic acids is 2. The number of para-hydroxylation sites is 1. The molecule has 0 radical (unpaired) electrons. The highest BCUT2D eigenvalue weighted by Gasteiger charge is 2.20. The zero-order valence-corrected chi connectivity index (χ0v) is 26.2. The van der Waals surface area contributed by atoms with E-state index in [2.05, 4.69) is 29.2 Å². The van der Waals surface area contributed by atoms with Crippen LogP contribution in [0.3, 0.4) is 0 Å². The highest BCUT2D eigenvalue weighted by Crippen LogP contribution is 2.28. The molecule has 1 N–H and O–H groups in total. The van der Waals surface area contributed by atoms with Crippen LogP contribution in [0.5, 0.6) is 5.75 Å². The van der Waals surface area contributed by atoms with Crippen molar-refractivity contribution in [2.45, 2.75) is 90.4 Å². The van der Waals surface area contributed by atoms with E-state index in [-0.39, 0.29) is 11.8 Å². The first kappa shape index (κ1) is 31.6. The van der Waals surface area contributed by atoms with Crippen molar-refractivity contribution in [3.05, 3.63) is 101 Å². The summed E-state index contributed by atoms with van der Waals surface area (Å²) in [7, 11) is 0. The molecule has 0 saturated heterocycles. The normalized spacial score (nSPS) is 13.7. The molecule has 1 heterocycles. The fourth-order valence-electron chi connectivity index (χ4n) is 6.50. The molecule has 44 heavy (non-hydrogen) atoms. The maximum absolute atomic E-state index is 13.7. The molecule has 5 heteroatoms. The average Bonchev–Trinajstić information content (AvgIpc) is 3.42. The smallest absolute Gasteiger partial charge is 0.305 e. The SMILES string of the molecule is CCOC(=O)CCCc1[nH]c2ccccc2c1C(=O)c1ccc(OCCCCCc2ccc(CC3CCCCC3)cc2)cc1. The number of nitrogens with one attached hydrogen (secondary N) is 1. The quantitative estimate of drug-likeness (QED) is 0.0799. The Labute approximate surface area is 262 Å². The topological polar surface area (TPSA) is 68.4 Å². The molecule has 0 unspecified atom stereocenters. The van der Waals surface area contributed by atoms with Gasteiger partial charge in [-0.25, -0.2) is 0 Å². The van der Waals surface area contributed by atoms with Crippen LogP contribution in [0.1, 0.15) is 104 Å². The van der Waals surface area contributed by atoms with Crippen LogP contribution >= 0.6 is 0 Å². The first-order valence-electron chi connectivity index (χ1n) is 16.7. The molecule has 0 aliphatic heterocycles. The summed E-state index contributed by atoms with van der Waals surface area (Å²) in [5, 5.41) is 0.902. The van der Waals surface area contributed by atoms with Crippen LogP contribution in [-0.4, -0.2) is 30.0 Å². The molecule has 0 amide bonds. The summed E-state index contributed by atoms with van der Waals surface area (Å²) in [6, 6.07) is 24.6. The molecule has 1 aliphatic rings. The molecule has 0 spiro atoms. The van der Waals surface area contributed by atoms with Crippen LogP contribution in [0.2, 0.25) is 0 Å². The van der Waals surface area contributed by atoms with Crippen molar-refractivity contribution in [2.24, 2.45) is 5.92 Å². The molecule has 1 saturated carbocycles. The summed E-state index contributed by atoms with van der Waals surface area (Å²) in [6.45, 7) is 2.85. The summed E-state index contributed by atoms with van der Waals surface area (Å²) >= 11 is 0. The monoisotopic (exact) mass is 593 g/mol. The van der Waals surface area contributed by atoms with Crippen LogP contribution in [-0.2, 0) is 28.8 Å². The minimum atomic E-state index is -0.207. The van der Waals surface area contributed by atoms with E-state index >= 15 is 0 Å². The van der Waals surface area contributed by atoms with E-state index in [1.807, 2.05) is 55.5 Å². The molecule has 5 rings (SSSR count). The summed E-state index contributed by atoms with van der Waals surface area (Å²) in [4.78, 5) is 28.9. The van der Waals surface area contributed by atoms with E-state index in [0.29, 0.717) is 43.6 Å². The number of hydrogen-bond donors (Lipinski definition) is 1. The predicted octanol–water partition coefficient (Wildman–Crippen LogP) is 9.20. The lowest BCUT2D eigenvalue weighted by molar-refractivity contribution is -0.143. The van der Waals surface area contributed by atoms with Gasteiger partial charge in [-0.1, -0.05) is 74.6 Å². The second kappa shape index (κ2) is 16.3. The van der Waals surface area contributed by atoms with Crippen LogP contribution in [0.15, 0.2) is 72.8 Å². The summed E-state index contributed by atoms with van der Waals surface area (Å²) in [5.41, 5.74) is 6.01. The van der Waals surface area contributed by atoms with Crippen molar-refractivity contribution in [2.75, 3.05) is 13.2 Å².